The van der Waals surface area contributed by atoms with Crippen molar-refractivity contribution in [3.8, 4) is 0 Å². The average molecular weight is 333 g/mol. The highest BCUT2D eigenvalue weighted by Crippen LogP contribution is 2.23. The van der Waals surface area contributed by atoms with Gasteiger partial charge in [-0.25, -0.2) is 0 Å². The van der Waals surface area contributed by atoms with Gasteiger partial charge in [-0.1, -0.05) is 11.6 Å². The third-order valence-electron chi connectivity index (χ3n) is 3.02. The lowest BCUT2D eigenvalue weighted by Gasteiger charge is -2.28. The quantitative estimate of drug-likeness (QED) is 0.522. The fraction of sp³-hybridized carbons (Fsp3) is 0. The van der Waals surface area contributed by atoms with Gasteiger partial charge in [-0.15, -0.1) is 0 Å². The first-order chi connectivity index (χ1) is 10.6. The molecule has 0 spiro atoms. The monoisotopic (exact) mass is 332 g/mol. The Labute approximate surface area is 136 Å². The lowest BCUT2D eigenvalue weighted by molar-refractivity contribution is -0.122. The summed E-state index contributed by atoms with van der Waals surface area (Å²) in [4.78, 5) is 25.8. The number of furan rings is 1. The standard InChI is InChI=1S/C15H9ClN2O3S/c16-9-3-5-10(6-4-9)18-14(20)12(13(19)17-15(18)22)8-11-2-1-7-21-11/h1-8H,(H,17,19,22)/b12-8-. The van der Waals surface area contributed by atoms with Crippen molar-refractivity contribution in [3.05, 3.63) is 59.0 Å². The van der Waals surface area contributed by atoms with E-state index in [1.807, 2.05) is 0 Å². The first-order valence-electron chi connectivity index (χ1n) is 6.27. The van der Waals surface area contributed by atoms with E-state index < -0.39 is 11.8 Å². The molecule has 2 heterocycles. The molecule has 1 aliphatic heterocycles. The molecule has 0 saturated carbocycles. The maximum absolute atomic E-state index is 12.6. The van der Waals surface area contributed by atoms with Crippen molar-refractivity contribution in [3.63, 3.8) is 0 Å². The number of thiocarbonyl (C=S) groups is 1. The number of carbonyl (C=O) groups excluding carboxylic acids is 2. The van der Waals surface area contributed by atoms with Crippen LogP contribution in [0.3, 0.4) is 0 Å². The smallest absolute Gasteiger partial charge is 0.270 e. The van der Waals surface area contributed by atoms with Crippen molar-refractivity contribution in [2.24, 2.45) is 0 Å². The molecule has 0 bridgehead atoms. The van der Waals surface area contributed by atoms with E-state index >= 15 is 0 Å². The Morgan fingerprint density at radius 1 is 1.18 bits per heavy atom. The summed E-state index contributed by atoms with van der Waals surface area (Å²) in [5, 5.41) is 3.05. The second-order valence-electron chi connectivity index (χ2n) is 4.45. The Kier molecular flexibility index (Phi) is 3.79. The summed E-state index contributed by atoms with van der Waals surface area (Å²) in [6.45, 7) is 0. The molecule has 7 heteroatoms. The van der Waals surface area contributed by atoms with Gasteiger partial charge in [0.05, 0.1) is 12.0 Å². The SMILES string of the molecule is O=C1NC(=S)N(c2ccc(Cl)cc2)C(=O)/C1=C\c1ccco1. The molecule has 1 aromatic carbocycles. The van der Waals surface area contributed by atoms with Crippen molar-refractivity contribution < 1.29 is 14.0 Å². The zero-order valence-electron chi connectivity index (χ0n) is 11.1. The Bertz CT molecular complexity index is 782. The highest BCUT2D eigenvalue weighted by Gasteiger charge is 2.34. The fourth-order valence-electron chi connectivity index (χ4n) is 2.00. The molecule has 1 N–H and O–H groups in total. The largest absolute Gasteiger partial charge is 0.465 e. The second-order valence-corrected chi connectivity index (χ2v) is 5.27. The molecular weight excluding hydrogens is 324 g/mol. The van der Waals surface area contributed by atoms with E-state index in [0.717, 1.165) is 0 Å². The number of carbonyl (C=O) groups is 2. The predicted molar refractivity (Wildman–Crippen MR) is 86.4 cm³/mol. The molecule has 2 aromatic rings. The lowest BCUT2D eigenvalue weighted by Crippen LogP contribution is -2.54. The van der Waals surface area contributed by atoms with Crippen molar-refractivity contribution in [1.29, 1.82) is 0 Å². The molecule has 2 amide bonds. The van der Waals surface area contributed by atoms with Gasteiger partial charge in [-0.05, 0) is 54.7 Å². The Balaban J connectivity index is 2.01. The van der Waals surface area contributed by atoms with E-state index in [4.69, 9.17) is 28.2 Å². The molecule has 0 radical (unpaired) electrons. The van der Waals surface area contributed by atoms with Crippen LogP contribution in [0.5, 0.6) is 0 Å². The zero-order valence-corrected chi connectivity index (χ0v) is 12.6. The molecule has 1 fully saturated rings. The fourth-order valence-corrected chi connectivity index (χ4v) is 2.40. The van der Waals surface area contributed by atoms with Gasteiger partial charge >= 0.3 is 0 Å². The predicted octanol–water partition coefficient (Wildman–Crippen LogP) is 2.76. The Morgan fingerprint density at radius 3 is 2.55 bits per heavy atom. The number of nitrogens with one attached hydrogen (secondary N) is 1. The zero-order chi connectivity index (χ0) is 15.7. The van der Waals surface area contributed by atoms with E-state index in [1.54, 1.807) is 36.4 Å². The molecule has 3 rings (SSSR count). The first kappa shape index (κ1) is 14.5. The van der Waals surface area contributed by atoms with Crippen molar-refractivity contribution >= 4 is 52.5 Å². The van der Waals surface area contributed by atoms with Crippen LogP contribution in [0.25, 0.3) is 6.08 Å². The van der Waals surface area contributed by atoms with Gasteiger partial charge < -0.3 is 4.42 Å². The van der Waals surface area contributed by atoms with Crippen LogP contribution in [0.1, 0.15) is 5.76 Å². The van der Waals surface area contributed by atoms with Gasteiger partial charge in [0.15, 0.2) is 5.11 Å². The van der Waals surface area contributed by atoms with E-state index in [2.05, 4.69) is 5.32 Å². The number of benzene rings is 1. The molecule has 1 saturated heterocycles. The van der Waals surface area contributed by atoms with Crippen LogP contribution in [-0.2, 0) is 9.59 Å². The van der Waals surface area contributed by atoms with E-state index in [9.17, 15) is 9.59 Å². The number of rotatable bonds is 2. The normalized spacial score (nSPS) is 17.0. The minimum absolute atomic E-state index is 0.0221. The van der Waals surface area contributed by atoms with E-state index in [1.165, 1.54) is 17.2 Å². The second kappa shape index (κ2) is 5.75. The molecule has 22 heavy (non-hydrogen) atoms. The topological polar surface area (TPSA) is 62.6 Å². The third kappa shape index (κ3) is 2.66. The molecule has 1 aromatic heterocycles. The van der Waals surface area contributed by atoms with Crippen LogP contribution in [-0.4, -0.2) is 16.9 Å². The van der Waals surface area contributed by atoms with Crippen molar-refractivity contribution in [1.82, 2.24) is 5.32 Å². The van der Waals surface area contributed by atoms with Crippen molar-refractivity contribution in [2.75, 3.05) is 4.90 Å². The number of amides is 2. The maximum Gasteiger partial charge on any atom is 0.270 e. The summed E-state index contributed by atoms with van der Waals surface area (Å²) in [6.07, 6.45) is 2.83. The minimum atomic E-state index is -0.559. The number of hydrogen-bond donors (Lipinski definition) is 1. The Morgan fingerprint density at radius 2 is 1.91 bits per heavy atom. The average Bonchev–Trinajstić information content (AvgIpc) is 2.98. The summed E-state index contributed by atoms with van der Waals surface area (Å²) in [6, 6.07) is 9.88. The molecule has 5 nitrogen and oxygen atoms in total. The van der Waals surface area contributed by atoms with Gasteiger partial charge in [-0.3, -0.25) is 19.8 Å². The van der Waals surface area contributed by atoms with E-state index in [-0.39, 0.29) is 10.7 Å². The van der Waals surface area contributed by atoms with Crippen LogP contribution >= 0.6 is 23.8 Å². The molecule has 110 valence electrons. The van der Waals surface area contributed by atoms with Crippen LogP contribution in [0, 0.1) is 0 Å². The third-order valence-corrected chi connectivity index (χ3v) is 3.55. The molecular formula is C15H9ClN2O3S. The van der Waals surface area contributed by atoms with Gasteiger partial charge in [0.25, 0.3) is 11.8 Å². The van der Waals surface area contributed by atoms with Crippen LogP contribution in [0.4, 0.5) is 5.69 Å². The number of anilines is 1. The van der Waals surface area contributed by atoms with Gasteiger partial charge in [-0.2, -0.15) is 0 Å². The number of halogens is 1. The minimum Gasteiger partial charge on any atom is -0.465 e. The molecule has 0 atom stereocenters. The summed E-state index contributed by atoms with van der Waals surface area (Å²) in [7, 11) is 0. The van der Waals surface area contributed by atoms with Crippen molar-refractivity contribution in [2.45, 2.75) is 0 Å². The number of hydrogen-bond acceptors (Lipinski definition) is 4. The highest BCUT2D eigenvalue weighted by atomic mass is 35.5. The maximum atomic E-state index is 12.6. The summed E-state index contributed by atoms with van der Waals surface area (Å²) in [5.74, 6) is -0.675. The lowest BCUT2D eigenvalue weighted by atomic mass is 10.1. The van der Waals surface area contributed by atoms with E-state index in [0.29, 0.717) is 16.5 Å². The van der Waals surface area contributed by atoms with Crippen LogP contribution in [0.15, 0.2) is 52.7 Å². The Hall–Kier alpha value is -2.44. The highest BCUT2D eigenvalue weighted by molar-refractivity contribution is 7.80. The number of nitrogens with zero attached hydrogens (tertiary/aromatic N) is 1. The van der Waals surface area contributed by atoms with Crippen LogP contribution < -0.4 is 10.2 Å². The summed E-state index contributed by atoms with van der Waals surface area (Å²) in [5.41, 5.74) is 0.461. The van der Waals surface area contributed by atoms with Gasteiger partial charge in [0.1, 0.15) is 11.3 Å². The molecule has 1 aliphatic rings. The summed E-state index contributed by atoms with van der Waals surface area (Å²) < 4.78 is 5.14. The summed E-state index contributed by atoms with van der Waals surface area (Å²) >= 11 is 10.9. The van der Waals surface area contributed by atoms with Gasteiger partial charge in [0.2, 0.25) is 0 Å². The molecule has 0 aliphatic carbocycles. The first-order valence-corrected chi connectivity index (χ1v) is 7.05. The van der Waals surface area contributed by atoms with Crippen LogP contribution in [0.2, 0.25) is 5.02 Å². The molecule has 0 unspecified atom stereocenters. The van der Waals surface area contributed by atoms with Gasteiger partial charge in [0, 0.05) is 5.02 Å².